The van der Waals surface area contributed by atoms with Gasteiger partial charge in [-0.3, -0.25) is 4.79 Å². The molecule has 0 spiro atoms. The van der Waals surface area contributed by atoms with E-state index in [4.69, 9.17) is 17.0 Å². The topological polar surface area (TPSA) is 74.4 Å². The number of alkyl carbamates (subject to hydrolysis) is 1. The molecule has 7 heteroatoms. The van der Waals surface area contributed by atoms with Gasteiger partial charge in [0.25, 0.3) is 5.91 Å². The Kier molecular flexibility index (Phi) is 5.32. The Bertz CT molecular complexity index is 573. The number of hydrogen-bond acceptors (Lipinski definition) is 4. The zero-order chi connectivity index (χ0) is 15.2. The fraction of sp³-hybridized carbons (Fsp3) is 0.500. The Hall–Kier alpha value is -1.89. The Balaban J connectivity index is 2.01. The molecule has 1 atom stereocenters. The lowest BCUT2D eigenvalue weighted by Crippen LogP contribution is -2.49. The third-order valence-corrected chi connectivity index (χ3v) is 3.69. The molecule has 2 N–H and O–H groups in total. The average Bonchev–Trinajstić information content (AvgIpc) is 2.47. The van der Waals surface area contributed by atoms with Crippen LogP contribution in [0.5, 0.6) is 0 Å². The number of piperidine rings is 1. The molecule has 1 aromatic rings. The zero-order valence-electron chi connectivity index (χ0n) is 11.9. The smallest absolute Gasteiger partial charge is 0.407 e. The molecule has 1 fully saturated rings. The number of nitrogens with zero attached hydrogens (tertiary/aromatic N) is 1. The zero-order valence-corrected chi connectivity index (χ0v) is 12.7. The number of carbonyl (C=O) groups is 2. The maximum absolute atomic E-state index is 12.5. The van der Waals surface area contributed by atoms with E-state index < -0.39 is 6.09 Å². The SMILES string of the molecule is CCOC(=O)NC1CCCN(C(=O)c2ccc[nH]c2=S)C1. The number of rotatable bonds is 3. The van der Waals surface area contributed by atoms with Crippen molar-refractivity contribution in [1.82, 2.24) is 15.2 Å². The third-order valence-electron chi connectivity index (χ3n) is 3.35. The molecule has 21 heavy (non-hydrogen) atoms. The second-order valence-electron chi connectivity index (χ2n) is 4.87. The van der Waals surface area contributed by atoms with E-state index in [1.807, 2.05) is 0 Å². The lowest BCUT2D eigenvalue weighted by molar-refractivity contribution is 0.0685. The Labute approximate surface area is 128 Å². The summed E-state index contributed by atoms with van der Waals surface area (Å²) in [5.74, 6) is -0.104. The van der Waals surface area contributed by atoms with Crippen molar-refractivity contribution in [3.05, 3.63) is 28.5 Å². The number of pyridine rings is 1. The van der Waals surface area contributed by atoms with Gasteiger partial charge in [-0.15, -0.1) is 0 Å². The van der Waals surface area contributed by atoms with Crippen molar-refractivity contribution in [2.24, 2.45) is 0 Å². The van der Waals surface area contributed by atoms with Crippen LogP contribution in [-0.2, 0) is 4.74 Å². The van der Waals surface area contributed by atoms with Crippen molar-refractivity contribution in [2.45, 2.75) is 25.8 Å². The highest BCUT2D eigenvalue weighted by atomic mass is 32.1. The van der Waals surface area contributed by atoms with Crippen LogP contribution < -0.4 is 5.32 Å². The number of ether oxygens (including phenoxy) is 1. The molecule has 0 radical (unpaired) electrons. The van der Waals surface area contributed by atoms with Crippen LogP contribution in [0.25, 0.3) is 0 Å². The van der Waals surface area contributed by atoms with Gasteiger partial charge in [0.1, 0.15) is 4.64 Å². The first kappa shape index (κ1) is 15.5. The van der Waals surface area contributed by atoms with E-state index in [1.165, 1.54) is 0 Å². The summed E-state index contributed by atoms with van der Waals surface area (Å²) >= 11 is 5.14. The van der Waals surface area contributed by atoms with Crippen molar-refractivity contribution in [2.75, 3.05) is 19.7 Å². The van der Waals surface area contributed by atoms with Crippen molar-refractivity contribution < 1.29 is 14.3 Å². The van der Waals surface area contributed by atoms with Gasteiger partial charge in [0.15, 0.2) is 0 Å². The first-order chi connectivity index (χ1) is 10.1. The molecule has 114 valence electrons. The monoisotopic (exact) mass is 309 g/mol. The van der Waals surface area contributed by atoms with Gasteiger partial charge in [-0.05, 0) is 31.9 Å². The second-order valence-corrected chi connectivity index (χ2v) is 5.28. The molecule has 2 heterocycles. The molecule has 0 saturated carbocycles. The number of amides is 2. The second kappa shape index (κ2) is 7.21. The van der Waals surface area contributed by atoms with E-state index in [1.54, 1.807) is 30.2 Å². The molecule has 0 aliphatic carbocycles. The van der Waals surface area contributed by atoms with Gasteiger partial charge < -0.3 is 19.9 Å². The normalized spacial score (nSPS) is 18.1. The molecule has 1 aliphatic rings. The van der Waals surface area contributed by atoms with E-state index >= 15 is 0 Å². The number of aromatic nitrogens is 1. The Morgan fingerprint density at radius 1 is 1.57 bits per heavy atom. The van der Waals surface area contributed by atoms with Crippen LogP contribution in [0, 0.1) is 4.64 Å². The predicted octanol–water partition coefficient (Wildman–Crippen LogP) is 2.09. The minimum atomic E-state index is -0.436. The van der Waals surface area contributed by atoms with Gasteiger partial charge in [0.2, 0.25) is 0 Å². The average molecular weight is 309 g/mol. The summed E-state index contributed by atoms with van der Waals surface area (Å²) in [7, 11) is 0. The quantitative estimate of drug-likeness (QED) is 0.839. The number of carbonyl (C=O) groups excluding carboxylic acids is 2. The fourth-order valence-electron chi connectivity index (χ4n) is 2.38. The van der Waals surface area contributed by atoms with E-state index in [0.717, 1.165) is 12.8 Å². The summed E-state index contributed by atoms with van der Waals surface area (Å²) in [5.41, 5.74) is 0.490. The maximum atomic E-state index is 12.5. The summed E-state index contributed by atoms with van der Waals surface area (Å²) in [6.45, 7) is 3.23. The van der Waals surface area contributed by atoms with Crippen molar-refractivity contribution in [1.29, 1.82) is 0 Å². The predicted molar refractivity (Wildman–Crippen MR) is 80.7 cm³/mol. The lowest BCUT2D eigenvalue weighted by atomic mass is 10.0. The molecule has 1 unspecified atom stereocenters. The minimum Gasteiger partial charge on any atom is -0.450 e. The van der Waals surface area contributed by atoms with Gasteiger partial charge in [-0.25, -0.2) is 4.79 Å². The van der Waals surface area contributed by atoms with Crippen LogP contribution in [-0.4, -0.2) is 47.6 Å². The molecular weight excluding hydrogens is 290 g/mol. The molecule has 0 aromatic carbocycles. The lowest BCUT2D eigenvalue weighted by Gasteiger charge is -2.32. The summed E-state index contributed by atoms with van der Waals surface area (Å²) < 4.78 is 5.30. The standard InChI is InChI=1S/C14H19N3O3S/c1-2-20-14(19)16-10-5-4-8-17(9-10)13(18)11-6-3-7-15-12(11)21/h3,6-7,10H,2,4-5,8-9H2,1H3,(H,15,21)(H,16,19). The van der Waals surface area contributed by atoms with Crippen molar-refractivity contribution in [3.63, 3.8) is 0 Å². The summed E-state index contributed by atoms with van der Waals surface area (Å²) in [6, 6.07) is 3.38. The highest BCUT2D eigenvalue weighted by Gasteiger charge is 2.26. The van der Waals surface area contributed by atoms with Crippen LogP contribution >= 0.6 is 12.2 Å². The van der Waals surface area contributed by atoms with Crippen LogP contribution in [0.4, 0.5) is 4.79 Å². The van der Waals surface area contributed by atoms with Gasteiger partial charge in [-0.1, -0.05) is 12.2 Å². The highest BCUT2D eigenvalue weighted by Crippen LogP contribution is 2.14. The van der Waals surface area contributed by atoms with Crippen molar-refractivity contribution in [3.8, 4) is 0 Å². The summed E-state index contributed by atoms with van der Waals surface area (Å²) in [4.78, 5) is 28.5. The first-order valence-electron chi connectivity index (χ1n) is 7.02. The molecule has 0 bridgehead atoms. The maximum Gasteiger partial charge on any atom is 0.407 e. The number of nitrogens with one attached hydrogen (secondary N) is 2. The first-order valence-corrected chi connectivity index (χ1v) is 7.43. The number of hydrogen-bond donors (Lipinski definition) is 2. The van der Waals surface area contributed by atoms with Gasteiger partial charge >= 0.3 is 6.09 Å². The van der Waals surface area contributed by atoms with E-state index in [-0.39, 0.29) is 11.9 Å². The largest absolute Gasteiger partial charge is 0.450 e. The van der Waals surface area contributed by atoms with Gasteiger partial charge in [0, 0.05) is 25.3 Å². The van der Waals surface area contributed by atoms with Crippen molar-refractivity contribution >= 4 is 24.2 Å². The molecule has 2 amide bonds. The van der Waals surface area contributed by atoms with Crippen LogP contribution in [0.3, 0.4) is 0 Å². The van der Waals surface area contributed by atoms with Crippen LogP contribution in [0.1, 0.15) is 30.1 Å². The van der Waals surface area contributed by atoms with E-state index in [2.05, 4.69) is 10.3 Å². The summed E-state index contributed by atoms with van der Waals surface area (Å²) in [5, 5.41) is 2.78. The molecule has 1 aromatic heterocycles. The molecule has 1 saturated heterocycles. The highest BCUT2D eigenvalue weighted by molar-refractivity contribution is 7.71. The van der Waals surface area contributed by atoms with Gasteiger partial charge in [0.05, 0.1) is 12.2 Å². The molecule has 6 nitrogen and oxygen atoms in total. The minimum absolute atomic E-state index is 0.0805. The van der Waals surface area contributed by atoms with E-state index in [9.17, 15) is 9.59 Å². The number of aromatic amines is 1. The van der Waals surface area contributed by atoms with E-state index in [0.29, 0.717) is 29.9 Å². The van der Waals surface area contributed by atoms with Crippen LogP contribution in [0.15, 0.2) is 18.3 Å². The third kappa shape index (κ3) is 4.04. The molecule has 1 aliphatic heterocycles. The molecule has 2 rings (SSSR count). The molecular formula is C14H19N3O3S. The number of H-pyrrole nitrogens is 1. The Morgan fingerprint density at radius 2 is 2.38 bits per heavy atom. The number of likely N-dealkylation sites (tertiary alicyclic amines) is 1. The summed E-state index contributed by atoms with van der Waals surface area (Å²) in [6.07, 6.45) is 2.94. The fourth-order valence-corrected chi connectivity index (χ4v) is 2.60. The Morgan fingerprint density at radius 3 is 3.10 bits per heavy atom. The van der Waals surface area contributed by atoms with Gasteiger partial charge in [-0.2, -0.15) is 0 Å². The van der Waals surface area contributed by atoms with Crippen LogP contribution in [0.2, 0.25) is 0 Å².